The number of benzene rings is 1. The van der Waals surface area contributed by atoms with Crippen molar-refractivity contribution in [3.05, 3.63) is 46.1 Å². The molecular formula is C14H13Cl2NO2. The molecule has 1 aromatic carbocycles. The molecule has 5 heteroatoms. The molecule has 0 atom stereocenters. The van der Waals surface area contributed by atoms with Crippen molar-refractivity contribution in [2.75, 3.05) is 7.11 Å². The average Bonchev–Trinajstić information content (AvgIpc) is 2.78. The summed E-state index contributed by atoms with van der Waals surface area (Å²) in [7, 11) is 1.37. The molecule has 3 nitrogen and oxygen atoms in total. The van der Waals surface area contributed by atoms with Crippen molar-refractivity contribution < 1.29 is 9.53 Å². The molecule has 1 heterocycles. The van der Waals surface area contributed by atoms with Gasteiger partial charge in [-0.15, -0.1) is 0 Å². The lowest BCUT2D eigenvalue weighted by Gasteiger charge is -2.04. The number of carbonyl (C=O) groups excluding carboxylic acids is 1. The molecule has 0 radical (unpaired) electrons. The Kier molecular flexibility index (Phi) is 4.17. The van der Waals surface area contributed by atoms with Gasteiger partial charge in [0, 0.05) is 28.7 Å². The molecule has 19 heavy (non-hydrogen) atoms. The number of carbonyl (C=O) groups is 1. The van der Waals surface area contributed by atoms with Gasteiger partial charge in [-0.05, 0) is 25.1 Å². The van der Waals surface area contributed by atoms with Crippen molar-refractivity contribution in [2.45, 2.75) is 13.5 Å². The minimum absolute atomic E-state index is 0.326. The fourth-order valence-electron chi connectivity index (χ4n) is 1.86. The van der Waals surface area contributed by atoms with Crippen LogP contribution in [-0.4, -0.2) is 17.6 Å². The number of hydrogen-bond acceptors (Lipinski definition) is 2. The second kappa shape index (κ2) is 5.68. The van der Waals surface area contributed by atoms with Crippen LogP contribution >= 0.6 is 23.2 Å². The zero-order valence-corrected chi connectivity index (χ0v) is 12.1. The first-order valence-corrected chi connectivity index (χ1v) is 6.47. The number of ether oxygens (including phenoxy) is 1. The molecule has 100 valence electrons. The Bertz CT molecular complexity index is 659. The van der Waals surface area contributed by atoms with Gasteiger partial charge in [-0.2, -0.15) is 0 Å². The van der Waals surface area contributed by atoms with Crippen LogP contribution in [0.3, 0.4) is 0 Å². The van der Waals surface area contributed by atoms with Gasteiger partial charge in [0.1, 0.15) is 0 Å². The van der Waals surface area contributed by atoms with Gasteiger partial charge in [-0.3, -0.25) is 0 Å². The lowest BCUT2D eigenvalue weighted by molar-refractivity contribution is -0.136. The Hall–Kier alpha value is -1.45. The first-order valence-electron chi connectivity index (χ1n) is 5.72. The Balaban J connectivity index is 2.34. The lowest BCUT2D eigenvalue weighted by atomic mass is 10.2. The molecule has 0 N–H and O–H groups in total. The van der Waals surface area contributed by atoms with Crippen molar-refractivity contribution in [3.8, 4) is 0 Å². The molecule has 0 saturated heterocycles. The molecule has 0 bridgehead atoms. The second-order valence-electron chi connectivity index (χ2n) is 4.17. The van der Waals surface area contributed by atoms with Gasteiger partial charge >= 0.3 is 5.97 Å². The number of allylic oxidation sites excluding steroid dienone is 1. The van der Waals surface area contributed by atoms with E-state index in [1.807, 2.05) is 22.9 Å². The molecule has 0 amide bonds. The first kappa shape index (κ1) is 14.0. The summed E-state index contributed by atoms with van der Waals surface area (Å²) in [6.45, 7) is 2.28. The third-order valence-corrected chi connectivity index (χ3v) is 3.44. The van der Waals surface area contributed by atoms with Crippen LogP contribution in [0, 0.1) is 0 Å². The Morgan fingerprint density at radius 2 is 2.16 bits per heavy atom. The molecule has 0 aliphatic rings. The average molecular weight is 298 g/mol. The Morgan fingerprint density at radius 1 is 1.42 bits per heavy atom. The summed E-state index contributed by atoms with van der Waals surface area (Å²) in [5, 5.41) is 2.15. The molecule has 0 aliphatic carbocycles. The predicted molar refractivity (Wildman–Crippen MR) is 77.7 cm³/mol. The second-order valence-corrected chi connectivity index (χ2v) is 5.01. The van der Waals surface area contributed by atoms with Crippen LogP contribution in [0.1, 0.15) is 6.92 Å². The number of hydrogen-bond donors (Lipinski definition) is 0. The molecule has 0 aliphatic heterocycles. The SMILES string of the molecule is COC(=O)/C(C)=C/Cn1ccc2c(Cl)cc(Cl)cc21. The van der Waals surface area contributed by atoms with Crippen LogP contribution in [0.4, 0.5) is 0 Å². The number of methoxy groups -OCH3 is 1. The summed E-state index contributed by atoms with van der Waals surface area (Å²) in [6.07, 6.45) is 3.72. The van der Waals surface area contributed by atoms with E-state index in [0.717, 1.165) is 10.9 Å². The van der Waals surface area contributed by atoms with Crippen LogP contribution in [0.15, 0.2) is 36.0 Å². The maximum atomic E-state index is 11.3. The number of nitrogens with zero attached hydrogens (tertiary/aromatic N) is 1. The maximum Gasteiger partial charge on any atom is 0.333 e. The summed E-state index contributed by atoms with van der Waals surface area (Å²) in [6, 6.07) is 5.49. The zero-order valence-electron chi connectivity index (χ0n) is 10.6. The quantitative estimate of drug-likeness (QED) is 0.632. The number of esters is 1. The first-order chi connectivity index (χ1) is 9.02. The van der Waals surface area contributed by atoms with Crippen LogP contribution in [0.2, 0.25) is 10.0 Å². The van der Waals surface area contributed by atoms with Crippen molar-refractivity contribution in [2.24, 2.45) is 0 Å². The zero-order chi connectivity index (χ0) is 14.0. The highest BCUT2D eigenvalue weighted by Crippen LogP contribution is 2.28. The monoisotopic (exact) mass is 297 g/mol. The van der Waals surface area contributed by atoms with Gasteiger partial charge in [0.2, 0.25) is 0 Å². The standard InChI is InChI=1S/C14H13Cl2NO2/c1-9(14(18)19-2)3-5-17-6-4-11-12(16)7-10(15)8-13(11)17/h3-4,6-8H,5H2,1-2H3/b9-3+. The largest absolute Gasteiger partial charge is 0.466 e. The highest BCUT2D eigenvalue weighted by Gasteiger charge is 2.07. The number of halogens is 2. The Labute approximate surface area is 121 Å². The molecule has 1 aromatic heterocycles. The van der Waals surface area contributed by atoms with Crippen LogP contribution in [0.25, 0.3) is 10.9 Å². The maximum absolute atomic E-state index is 11.3. The van der Waals surface area contributed by atoms with E-state index in [2.05, 4.69) is 4.74 Å². The van der Waals surface area contributed by atoms with Crippen molar-refractivity contribution in [1.82, 2.24) is 4.57 Å². The topological polar surface area (TPSA) is 31.2 Å². The lowest BCUT2D eigenvalue weighted by Crippen LogP contribution is -2.03. The van der Waals surface area contributed by atoms with E-state index in [4.69, 9.17) is 23.2 Å². The third-order valence-electron chi connectivity index (χ3n) is 2.90. The Morgan fingerprint density at radius 3 is 2.84 bits per heavy atom. The molecule has 0 spiro atoms. The van der Waals surface area contributed by atoms with E-state index in [0.29, 0.717) is 22.2 Å². The highest BCUT2D eigenvalue weighted by atomic mass is 35.5. The highest BCUT2D eigenvalue weighted by molar-refractivity contribution is 6.38. The van der Waals surface area contributed by atoms with Crippen molar-refractivity contribution in [1.29, 1.82) is 0 Å². The molecular weight excluding hydrogens is 285 g/mol. The van der Waals surface area contributed by atoms with E-state index >= 15 is 0 Å². The molecule has 0 saturated carbocycles. The molecule has 2 rings (SSSR count). The molecule has 0 fully saturated rings. The van der Waals surface area contributed by atoms with E-state index < -0.39 is 0 Å². The fourth-order valence-corrected chi connectivity index (χ4v) is 2.40. The number of aromatic nitrogens is 1. The molecule has 2 aromatic rings. The van der Waals surface area contributed by atoms with Gasteiger partial charge in [0.05, 0.1) is 17.6 Å². The minimum Gasteiger partial charge on any atom is -0.466 e. The summed E-state index contributed by atoms with van der Waals surface area (Å²) in [5.74, 6) is -0.326. The summed E-state index contributed by atoms with van der Waals surface area (Å²) >= 11 is 12.1. The van der Waals surface area contributed by atoms with Crippen molar-refractivity contribution in [3.63, 3.8) is 0 Å². The van der Waals surface area contributed by atoms with E-state index in [1.54, 1.807) is 19.1 Å². The number of fused-ring (bicyclic) bond motifs is 1. The smallest absolute Gasteiger partial charge is 0.333 e. The van der Waals surface area contributed by atoms with Gasteiger partial charge in [0.25, 0.3) is 0 Å². The molecule has 0 unspecified atom stereocenters. The van der Waals surface area contributed by atoms with E-state index in [9.17, 15) is 4.79 Å². The van der Waals surface area contributed by atoms with Gasteiger partial charge in [-0.1, -0.05) is 29.3 Å². The van der Waals surface area contributed by atoms with E-state index in [1.165, 1.54) is 7.11 Å². The summed E-state index contributed by atoms with van der Waals surface area (Å²) in [4.78, 5) is 11.3. The van der Waals surface area contributed by atoms with E-state index in [-0.39, 0.29) is 5.97 Å². The van der Waals surface area contributed by atoms with Gasteiger partial charge in [0.15, 0.2) is 0 Å². The van der Waals surface area contributed by atoms with Crippen LogP contribution in [0.5, 0.6) is 0 Å². The fraction of sp³-hybridized carbons (Fsp3) is 0.214. The normalized spacial score (nSPS) is 11.9. The van der Waals surface area contributed by atoms with Gasteiger partial charge < -0.3 is 9.30 Å². The summed E-state index contributed by atoms with van der Waals surface area (Å²) < 4.78 is 6.62. The third kappa shape index (κ3) is 2.94. The number of rotatable bonds is 3. The predicted octanol–water partition coefficient (Wildman–Crippen LogP) is 4.07. The minimum atomic E-state index is -0.326. The van der Waals surface area contributed by atoms with Crippen molar-refractivity contribution >= 4 is 40.1 Å². The summed E-state index contributed by atoms with van der Waals surface area (Å²) in [5.41, 5.74) is 1.50. The van der Waals surface area contributed by atoms with Crippen LogP contribution in [-0.2, 0) is 16.1 Å². The van der Waals surface area contributed by atoms with Crippen LogP contribution < -0.4 is 0 Å². The van der Waals surface area contributed by atoms with Gasteiger partial charge in [-0.25, -0.2) is 4.79 Å².